The van der Waals surface area contributed by atoms with Crippen molar-refractivity contribution in [3.63, 3.8) is 0 Å². The van der Waals surface area contributed by atoms with Crippen LogP contribution in [0.2, 0.25) is 0 Å². The lowest BCUT2D eigenvalue weighted by atomic mass is 9.99. The van der Waals surface area contributed by atoms with E-state index in [1.807, 2.05) is 84.9 Å². The maximum absolute atomic E-state index is 9.82. The number of aromatic nitrogens is 3. The van der Waals surface area contributed by atoms with Crippen LogP contribution in [-0.2, 0) is 0 Å². The van der Waals surface area contributed by atoms with Gasteiger partial charge in [0, 0.05) is 38.2 Å². The van der Waals surface area contributed by atoms with E-state index in [2.05, 4.69) is 72.8 Å². The van der Waals surface area contributed by atoms with Gasteiger partial charge in [0.2, 0.25) is 0 Å². The van der Waals surface area contributed by atoms with E-state index in [0.29, 0.717) is 34.2 Å². The molecule has 0 fully saturated rings. The van der Waals surface area contributed by atoms with E-state index in [1.54, 1.807) is 6.07 Å². The van der Waals surface area contributed by atoms with Gasteiger partial charge in [0.05, 0.1) is 5.56 Å². The highest BCUT2D eigenvalue weighted by Gasteiger charge is 2.20. The molecule has 0 amide bonds. The van der Waals surface area contributed by atoms with Gasteiger partial charge in [-0.1, -0.05) is 121 Å². The van der Waals surface area contributed by atoms with E-state index in [0.717, 1.165) is 71.7 Å². The van der Waals surface area contributed by atoms with Crippen molar-refractivity contribution in [3.8, 4) is 62.5 Å². The maximum Gasteiger partial charge on any atom is 0.164 e. The Morgan fingerprint density at radius 2 is 1.00 bits per heavy atom. The Morgan fingerprint density at radius 1 is 0.404 bits per heavy atom. The summed E-state index contributed by atoms with van der Waals surface area (Å²) in [5.74, 6) is 1.55. The molecule has 10 aromatic rings. The molecule has 0 aliphatic rings. The van der Waals surface area contributed by atoms with Crippen LogP contribution in [0.1, 0.15) is 5.56 Å². The minimum Gasteiger partial charge on any atom is -0.456 e. The minimum atomic E-state index is 0.476. The molecule has 6 nitrogen and oxygen atoms in total. The SMILES string of the molecule is N#Cc1cccc2c1oc1cccc(-c3nc(-c4cccc(-c5ccccc5)c4)nc(-c4ccc5c(c4)oc4cccc(-c6ccccc6)c45)n3)c12. The number of furan rings is 2. The molecule has 242 valence electrons. The number of rotatable bonds is 5. The molecule has 6 heteroatoms. The summed E-state index contributed by atoms with van der Waals surface area (Å²) in [6.07, 6.45) is 0. The van der Waals surface area contributed by atoms with Crippen molar-refractivity contribution in [3.05, 3.63) is 163 Å². The van der Waals surface area contributed by atoms with Gasteiger partial charge in [-0.2, -0.15) is 5.26 Å². The Labute approximate surface area is 297 Å². The van der Waals surface area contributed by atoms with Crippen LogP contribution in [0.25, 0.3) is 100 Å². The lowest BCUT2D eigenvalue weighted by Gasteiger charge is -2.10. The van der Waals surface area contributed by atoms with Gasteiger partial charge in [-0.05, 0) is 58.7 Å². The van der Waals surface area contributed by atoms with Crippen molar-refractivity contribution >= 4 is 43.9 Å². The maximum atomic E-state index is 9.82. The predicted molar refractivity (Wildman–Crippen MR) is 206 cm³/mol. The Morgan fingerprint density at radius 3 is 1.77 bits per heavy atom. The smallest absolute Gasteiger partial charge is 0.164 e. The fraction of sp³-hybridized carbons (Fsp3) is 0. The summed E-state index contributed by atoms with van der Waals surface area (Å²) in [4.78, 5) is 15.3. The third kappa shape index (κ3) is 4.84. The number of para-hydroxylation sites is 1. The van der Waals surface area contributed by atoms with Gasteiger partial charge in [-0.25, -0.2) is 15.0 Å². The first-order chi connectivity index (χ1) is 25.7. The van der Waals surface area contributed by atoms with Crippen LogP contribution in [0.4, 0.5) is 0 Å². The summed E-state index contributed by atoms with van der Waals surface area (Å²) in [7, 11) is 0. The summed E-state index contributed by atoms with van der Waals surface area (Å²) >= 11 is 0. The van der Waals surface area contributed by atoms with Crippen molar-refractivity contribution < 1.29 is 8.83 Å². The summed E-state index contributed by atoms with van der Waals surface area (Å²) in [5.41, 5.74) is 10.1. The number of fused-ring (bicyclic) bond motifs is 6. The second kappa shape index (κ2) is 11.9. The monoisotopic (exact) mass is 666 g/mol. The molecular formula is C46H26N4O2. The molecule has 3 aromatic heterocycles. The van der Waals surface area contributed by atoms with Crippen LogP contribution in [0.5, 0.6) is 0 Å². The lowest BCUT2D eigenvalue weighted by molar-refractivity contribution is 0.667. The highest BCUT2D eigenvalue weighted by molar-refractivity contribution is 6.14. The van der Waals surface area contributed by atoms with Gasteiger partial charge >= 0.3 is 0 Å². The quantitative estimate of drug-likeness (QED) is 0.182. The van der Waals surface area contributed by atoms with Crippen molar-refractivity contribution in [2.45, 2.75) is 0 Å². The molecule has 0 radical (unpaired) electrons. The molecule has 10 rings (SSSR count). The van der Waals surface area contributed by atoms with Crippen LogP contribution in [0.3, 0.4) is 0 Å². The molecule has 52 heavy (non-hydrogen) atoms. The van der Waals surface area contributed by atoms with Crippen LogP contribution >= 0.6 is 0 Å². The zero-order valence-electron chi connectivity index (χ0n) is 27.6. The van der Waals surface area contributed by atoms with Crippen molar-refractivity contribution in [1.29, 1.82) is 5.26 Å². The van der Waals surface area contributed by atoms with Crippen molar-refractivity contribution in [1.82, 2.24) is 15.0 Å². The highest BCUT2D eigenvalue weighted by Crippen LogP contribution is 2.40. The zero-order valence-corrected chi connectivity index (χ0v) is 27.6. The van der Waals surface area contributed by atoms with E-state index in [9.17, 15) is 5.26 Å². The average molecular weight is 667 g/mol. The molecule has 0 bridgehead atoms. The van der Waals surface area contributed by atoms with Crippen LogP contribution < -0.4 is 0 Å². The first kappa shape index (κ1) is 29.5. The van der Waals surface area contributed by atoms with E-state index < -0.39 is 0 Å². The second-order valence-corrected chi connectivity index (χ2v) is 12.7. The number of nitrogens with zero attached hydrogens (tertiary/aromatic N) is 4. The molecule has 7 aromatic carbocycles. The molecule has 0 spiro atoms. The zero-order chi connectivity index (χ0) is 34.6. The van der Waals surface area contributed by atoms with Crippen LogP contribution in [0.15, 0.2) is 167 Å². The second-order valence-electron chi connectivity index (χ2n) is 12.7. The van der Waals surface area contributed by atoms with Crippen molar-refractivity contribution in [2.24, 2.45) is 0 Å². The third-order valence-corrected chi connectivity index (χ3v) is 9.59. The number of benzene rings is 7. The number of hydrogen-bond acceptors (Lipinski definition) is 6. The molecule has 0 aliphatic carbocycles. The normalized spacial score (nSPS) is 11.4. The largest absolute Gasteiger partial charge is 0.456 e. The Balaban J connectivity index is 1.19. The molecule has 0 saturated heterocycles. The van der Waals surface area contributed by atoms with Gasteiger partial charge in [-0.15, -0.1) is 0 Å². The average Bonchev–Trinajstić information content (AvgIpc) is 3.80. The standard InChI is InChI=1S/C46H26N4O2/c47-27-33-17-8-19-36-42-37(20-10-22-39(42)52-43(33)36)46-49-44(31-16-7-15-30(25-31)28-11-3-1-4-12-28)48-45(50-46)32-23-24-35-40(26-32)51-38-21-9-18-34(41(35)38)29-13-5-2-6-14-29/h1-26H. The van der Waals surface area contributed by atoms with Gasteiger partial charge in [-0.3, -0.25) is 0 Å². The lowest BCUT2D eigenvalue weighted by Crippen LogP contribution is -2.00. The first-order valence-electron chi connectivity index (χ1n) is 17.0. The van der Waals surface area contributed by atoms with Crippen molar-refractivity contribution in [2.75, 3.05) is 0 Å². The highest BCUT2D eigenvalue weighted by atomic mass is 16.3. The van der Waals surface area contributed by atoms with E-state index in [-0.39, 0.29) is 0 Å². The fourth-order valence-electron chi connectivity index (χ4n) is 7.17. The number of nitriles is 1. The predicted octanol–water partition coefficient (Wildman–Crippen LogP) is 11.9. The van der Waals surface area contributed by atoms with E-state index in [1.165, 1.54) is 0 Å². The molecular weight excluding hydrogens is 641 g/mol. The molecule has 3 heterocycles. The summed E-state index contributed by atoms with van der Waals surface area (Å²) in [5, 5.41) is 13.6. The molecule has 0 N–H and O–H groups in total. The Kier molecular flexibility index (Phi) is 6.76. The van der Waals surface area contributed by atoms with Crippen LogP contribution in [-0.4, -0.2) is 15.0 Å². The summed E-state index contributed by atoms with van der Waals surface area (Å²) in [6, 6.07) is 54.9. The molecule has 0 unspecified atom stereocenters. The minimum absolute atomic E-state index is 0.476. The first-order valence-corrected chi connectivity index (χ1v) is 17.0. The van der Waals surface area contributed by atoms with Gasteiger partial charge in [0.1, 0.15) is 22.8 Å². The third-order valence-electron chi connectivity index (χ3n) is 9.59. The van der Waals surface area contributed by atoms with Gasteiger partial charge < -0.3 is 8.83 Å². The summed E-state index contributed by atoms with van der Waals surface area (Å²) < 4.78 is 12.7. The topological polar surface area (TPSA) is 88.7 Å². The van der Waals surface area contributed by atoms with Gasteiger partial charge in [0.25, 0.3) is 0 Å². The molecule has 0 aliphatic heterocycles. The summed E-state index contributed by atoms with van der Waals surface area (Å²) in [6.45, 7) is 0. The van der Waals surface area contributed by atoms with E-state index in [4.69, 9.17) is 23.8 Å². The van der Waals surface area contributed by atoms with Crippen LogP contribution in [0, 0.1) is 11.3 Å². The van der Waals surface area contributed by atoms with E-state index >= 15 is 0 Å². The van der Waals surface area contributed by atoms with Gasteiger partial charge in [0.15, 0.2) is 23.1 Å². The number of hydrogen-bond donors (Lipinski definition) is 0. The molecule has 0 atom stereocenters. The fourth-order valence-corrected chi connectivity index (χ4v) is 7.17. The Bertz CT molecular complexity index is 3030. The Hall–Kier alpha value is -7.36. The molecule has 0 saturated carbocycles.